The van der Waals surface area contributed by atoms with E-state index >= 15 is 0 Å². The Labute approximate surface area is 91.7 Å². The first kappa shape index (κ1) is 10.6. The molecule has 1 fully saturated rings. The predicted octanol–water partition coefficient (Wildman–Crippen LogP) is 3.05. The Balaban J connectivity index is 2.41. The highest BCUT2D eigenvalue weighted by atomic mass is 16.5. The van der Waals surface area contributed by atoms with Gasteiger partial charge < -0.3 is 4.74 Å². The number of pyridine rings is 1. The van der Waals surface area contributed by atoms with Crippen molar-refractivity contribution in [1.82, 2.24) is 4.98 Å². The zero-order valence-corrected chi connectivity index (χ0v) is 9.79. The molecule has 2 heterocycles. The molecule has 0 amide bonds. The van der Waals surface area contributed by atoms with E-state index in [-0.39, 0.29) is 5.60 Å². The highest BCUT2D eigenvalue weighted by Crippen LogP contribution is 2.42. The van der Waals surface area contributed by atoms with Crippen molar-refractivity contribution in [1.29, 1.82) is 0 Å². The van der Waals surface area contributed by atoms with Gasteiger partial charge in [-0.2, -0.15) is 0 Å². The standard InChI is InChI=1S/C13H19NO/c1-10(2)13(6-4-8-15-13)12-5-7-14-11(3)9-12/h5,7,9-10H,4,6,8H2,1-3H3. The van der Waals surface area contributed by atoms with Gasteiger partial charge in [0.25, 0.3) is 0 Å². The molecule has 1 aromatic rings. The number of ether oxygens (including phenoxy) is 1. The van der Waals surface area contributed by atoms with Gasteiger partial charge in [-0.1, -0.05) is 13.8 Å². The minimum Gasteiger partial charge on any atom is -0.370 e. The van der Waals surface area contributed by atoms with Crippen LogP contribution in [0.25, 0.3) is 0 Å². The zero-order chi connectivity index (χ0) is 10.9. The lowest BCUT2D eigenvalue weighted by Crippen LogP contribution is -2.31. The minimum absolute atomic E-state index is 0.0618. The van der Waals surface area contributed by atoms with E-state index in [2.05, 4.69) is 31.0 Å². The predicted molar refractivity (Wildman–Crippen MR) is 60.7 cm³/mol. The number of aryl methyl sites for hydroxylation is 1. The Bertz CT molecular complexity index is 340. The van der Waals surface area contributed by atoms with Crippen LogP contribution in [0.3, 0.4) is 0 Å². The molecule has 2 nitrogen and oxygen atoms in total. The Morgan fingerprint density at radius 2 is 2.27 bits per heavy atom. The second-order valence-corrected chi connectivity index (χ2v) is 4.68. The Hall–Kier alpha value is -0.890. The molecule has 0 N–H and O–H groups in total. The fourth-order valence-electron chi connectivity index (χ4n) is 2.49. The van der Waals surface area contributed by atoms with Crippen LogP contribution in [0.15, 0.2) is 18.3 Å². The van der Waals surface area contributed by atoms with Crippen LogP contribution in [-0.2, 0) is 10.3 Å². The number of nitrogens with zero attached hydrogens (tertiary/aromatic N) is 1. The largest absolute Gasteiger partial charge is 0.370 e. The molecule has 1 aliphatic heterocycles. The Kier molecular flexibility index (Phi) is 2.79. The van der Waals surface area contributed by atoms with Crippen molar-refractivity contribution in [3.63, 3.8) is 0 Å². The first-order valence-corrected chi connectivity index (χ1v) is 5.72. The number of hydrogen-bond donors (Lipinski definition) is 0. The molecule has 82 valence electrons. The van der Waals surface area contributed by atoms with E-state index in [1.165, 1.54) is 12.0 Å². The van der Waals surface area contributed by atoms with E-state index in [9.17, 15) is 0 Å². The lowest BCUT2D eigenvalue weighted by molar-refractivity contribution is -0.0383. The fraction of sp³-hybridized carbons (Fsp3) is 0.615. The third kappa shape index (κ3) is 1.78. The highest BCUT2D eigenvalue weighted by molar-refractivity contribution is 5.24. The summed E-state index contributed by atoms with van der Waals surface area (Å²) in [7, 11) is 0. The summed E-state index contributed by atoms with van der Waals surface area (Å²) in [6, 6.07) is 4.25. The summed E-state index contributed by atoms with van der Waals surface area (Å²) >= 11 is 0. The van der Waals surface area contributed by atoms with Crippen molar-refractivity contribution >= 4 is 0 Å². The van der Waals surface area contributed by atoms with Crippen LogP contribution in [0.4, 0.5) is 0 Å². The maximum Gasteiger partial charge on any atom is 0.0956 e. The van der Waals surface area contributed by atoms with Crippen molar-refractivity contribution in [3.8, 4) is 0 Å². The molecule has 1 aromatic heterocycles. The summed E-state index contributed by atoms with van der Waals surface area (Å²) in [5.41, 5.74) is 2.30. The quantitative estimate of drug-likeness (QED) is 0.740. The van der Waals surface area contributed by atoms with Gasteiger partial charge in [0.2, 0.25) is 0 Å². The average molecular weight is 205 g/mol. The van der Waals surface area contributed by atoms with Gasteiger partial charge in [-0.15, -0.1) is 0 Å². The molecule has 15 heavy (non-hydrogen) atoms. The molecule has 0 saturated carbocycles. The molecular formula is C13H19NO. The van der Waals surface area contributed by atoms with Gasteiger partial charge in [-0.25, -0.2) is 0 Å². The molecule has 1 aliphatic rings. The van der Waals surface area contributed by atoms with Gasteiger partial charge in [0.15, 0.2) is 0 Å². The van der Waals surface area contributed by atoms with Crippen molar-refractivity contribution in [2.45, 2.75) is 39.2 Å². The van der Waals surface area contributed by atoms with Crippen molar-refractivity contribution < 1.29 is 4.74 Å². The number of aromatic nitrogens is 1. The number of rotatable bonds is 2. The van der Waals surface area contributed by atoms with Gasteiger partial charge in [0.1, 0.15) is 0 Å². The van der Waals surface area contributed by atoms with E-state index in [0.717, 1.165) is 18.7 Å². The van der Waals surface area contributed by atoms with Crippen LogP contribution in [-0.4, -0.2) is 11.6 Å². The van der Waals surface area contributed by atoms with Gasteiger partial charge in [0.05, 0.1) is 5.60 Å². The highest BCUT2D eigenvalue weighted by Gasteiger charge is 2.39. The summed E-state index contributed by atoms with van der Waals surface area (Å²) < 4.78 is 6.02. The van der Waals surface area contributed by atoms with E-state index < -0.39 is 0 Å². The van der Waals surface area contributed by atoms with Crippen LogP contribution in [0.1, 0.15) is 37.9 Å². The topological polar surface area (TPSA) is 22.1 Å². The third-order valence-corrected chi connectivity index (χ3v) is 3.37. The summed E-state index contributed by atoms with van der Waals surface area (Å²) in [5, 5.41) is 0. The molecule has 0 aromatic carbocycles. The molecule has 0 spiro atoms. The second kappa shape index (κ2) is 3.93. The minimum atomic E-state index is -0.0618. The average Bonchev–Trinajstić information content (AvgIpc) is 2.67. The molecule has 2 heteroatoms. The normalized spacial score (nSPS) is 26.1. The second-order valence-electron chi connectivity index (χ2n) is 4.68. The molecule has 0 aliphatic carbocycles. The van der Waals surface area contributed by atoms with Crippen LogP contribution < -0.4 is 0 Å². The van der Waals surface area contributed by atoms with Crippen LogP contribution in [0.2, 0.25) is 0 Å². The van der Waals surface area contributed by atoms with Gasteiger partial charge in [0, 0.05) is 18.5 Å². The van der Waals surface area contributed by atoms with E-state index in [1.807, 2.05) is 13.1 Å². The van der Waals surface area contributed by atoms with E-state index in [1.54, 1.807) is 0 Å². The summed E-state index contributed by atoms with van der Waals surface area (Å²) in [6.45, 7) is 7.40. The molecule has 1 unspecified atom stereocenters. The fourth-order valence-corrected chi connectivity index (χ4v) is 2.49. The molecule has 0 radical (unpaired) electrons. The molecule has 1 atom stereocenters. The van der Waals surface area contributed by atoms with Crippen LogP contribution >= 0.6 is 0 Å². The number of hydrogen-bond acceptors (Lipinski definition) is 2. The summed E-state index contributed by atoms with van der Waals surface area (Å²) in [5.74, 6) is 0.516. The molecule has 0 bridgehead atoms. The van der Waals surface area contributed by atoms with E-state index in [0.29, 0.717) is 5.92 Å². The maximum absolute atomic E-state index is 6.02. The third-order valence-electron chi connectivity index (χ3n) is 3.37. The Morgan fingerprint density at radius 3 is 2.80 bits per heavy atom. The molecule has 2 rings (SSSR count). The van der Waals surface area contributed by atoms with Crippen molar-refractivity contribution in [3.05, 3.63) is 29.6 Å². The van der Waals surface area contributed by atoms with Crippen molar-refractivity contribution in [2.24, 2.45) is 5.92 Å². The molecular weight excluding hydrogens is 186 g/mol. The summed E-state index contributed by atoms with van der Waals surface area (Å²) in [6.07, 6.45) is 4.18. The Morgan fingerprint density at radius 1 is 1.47 bits per heavy atom. The van der Waals surface area contributed by atoms with Crippen LogP contribution in [0, 0.1) is 12.8 Å². The van der Waals surface area contributed by atoms with Gasteiger partial charge in [-0.05, 0) is 43.4 Å². The van der Waals surface area contributed by atoms with Gasteiger partial charge in [-0.3, -0.25) is 4.98 Å². The SMILES string of the molecule is Cc1cc(C2(C(C)C)CCCO2)ccn1. The van der Waals surface area contributed by atoms with Crippen molar-refractivity contribution in [2.75, 3.05) is 6.61 Å². The lowest BCUT2D eigenvalue weighted by atomic mass is 9.81. The first-order valence-electron chi connectivity index (χ1n) is 5.72. The maximum atomic E-state index is 6.02. The molecule has 1 saturated heterocycles. The van der Waals surface area contributed by atoms with Gasteiger partial charge >= 0.3 is 0 Å². The van der Waals surface area contributed by atoms with Crippen LogP contribution in [0.5, 0.6) is 0 Å². The monoisotopic (exact) mass is 205 g/mol. The zero-order valence-electron chi connectivity index (χ0n) is 9.79. The summed E-state index contributed by atoms with van der Waals surface area (Å²) in [4.78, 5) is 4.25. The smallest absolute Gasteiger partial charge is 0.0956 e. The lowest BCUT2D eigenvalue weighted by Gasteiger charge is -2.33. The first-order chi connectivity index (χ1) is 7.15. The van der Waals surface area contributed by atoms with E-state index in [4.69, 9.17) is 4.74 Å².